The Hall–Kier alpha value is -3.52. The van der Waals surface area contributed by atoms with Crippen LogP contribution >= 0.6 is 0 Å². The summed E-state index contributed by atoms with van der Waals surface area (Å²) in [7, 11) is 0. The van der Waals surface area contributed by atoms with Crippen LogP contribution in [-0.2, 0) is 6.42 Å². The molecule has 2 nitrogen and oxygen atoms in total. The van der Waals surface area contributed by atoms with Gasteiger partial charge in [0.15, 0.2) is 0 Å². The normalized spacial score (nSPS) is 13.0. The molecule has 0 radical (unpaired) electrons. The molecule has 3 atom stereocenters. The van der Waals surface area contributed by atoms with Crippen molar-refractivity contribution in [2.75, 3.05) is 11.5 Å². The molecule has 4 aromatic rings. The second-order valence-corrected chi connectivity index (χ2v) is 18.9. The van der Waals surface area contributed by atoms with Crippen molar-refractivity contribution in [1.29, 1.82) is 0 Å². The zero-order chi connectivity index (χ0) is 43.2. The van der Waals surface area contributed by atoms with Crippen LogP contribution in [-0.4, -0.2) is 0 Å². The maximum Gasteiger partial charge on any atom is 0.0314 e. The summed E-state index contributed by atoms with van der Waals surface area (Å²) >= 11 is 0. The number of nitrogen functional groups attached to an aromatic ring is 2. The van der Waals surface area contributed by atoms with Gasteiger partial charge in [0.05, 0.1) is 0 Å². The van der Waals surface area contributed by atoms with Gasteiger partial charge in [-0.05, 0) is 89.2 Å². The molecule has 0 aliphatic carbocycles. The highest BCUT2D eigenvalue weighted by molar-refractivity contribution is 5.44. The minimum absolute atomic E-state index is 0.415. The Morgan fingerprint density at radius 2 is 0.557 bits per heavy atom. The first-order valence-electron chi connectivity index (χ1n) is 25.9. The van der Waals surface area contributed by atoms with E-state index in [1.54, 1.807) is 0 Å². The summed E-state index contributed by atoms with van der Waals surface area (Å²) in [6.45, 7) is 6.92. The van der Waals surface area contributed by atoms with E-state index in [0.717, 1.165) is 17.8 Å². The number of hydrogen-bond acceptors (Lipinski definition) is 2. The summed E-state index contributed by atoms with van der Waals surface area (Å²) in [5.41, 5.74) is 22.6. The number of nitrogens with two attached hydrogens (primary N) is 2. The SMILES string of the molecule is CCCCCCCCCCCCC(c1ccc(N)cc1)c1ccc(CC(CCCCCCC)c2ccc(C(CCCCCCCCCCCC)c3ccc(N)cc3)cc2)cc1. The first kappa shape index (κ1) is 50.1. The van der Waals surface area contributed by atoms with E-state index in [2.05, 4.69) is 118 Å². The van der Waals surface area contributed by atoms with Gasteiger partial charge in [-0.2, -0.15) is 0 Å². The van der Waals surface area contributed by atoms with Gasteiger partial charge in [-0.25, -0.2) is 0 Å². The Bertz CT molecular complexity index is 1620. The van der Waals surface area contributed by atoms with E-state index in [9.17, 15) is 0 Å². The molecule has 0 aliphatic heterocycles. The van der Waals surface area contributed by atoms with Gasteiger partial charge in [-0.3, -0.25) is 0 Å². The fraction of sp³-hybridized carbons (Fsp3) is 0.593. The highest BCUT2D eigenvalue weighted by Crippen LogP contribution is 2.35. The van der Waals surface area contributed by atoms with Gasteiger partial charge in [0.1, 0.15) is 0 Å². The van der Waals surface area contributed by atoms with Gasteiger partial charge in [-0.15, -0.1) is 0 Å². The molecular weight excluding hydrogens is 737 g/mol. The third-order valence-electron chi connectivity index (χ3n) is 13.7. The molecule has 0 heterocycles. The monoisotopic (exact) mass is 827 g/mol. The first-order valence-corrected chi connectivity index (χ1v) is 25.9. The maximum atomic E-state index is 6.16. The molecule has 4 N–H and O–H groups in total. The summed E-state index contributed by atoms with van der Waals surface area (Å²) in [5, 5.41) is 0. The predicted octanol–water partition coefficient (Wildman–Crippen LogP) is 18.4. The first-order chi connectivity index (χ1) is 30.0. The van der Waals surface area contributed by atoms with Crippen molar-refractivity contribution in [1.82, 2.24) is 0 Å². The van der Waals surface area contributed by atoms with Gasteiger partial charge in [-0.1, -0.05) is 254 Å². The van der Waals surface area contributed by atoms with Crippen LogP contribution in [0.1, 0.15) is 252 Å². The van der Waals surface area contributed by atoms with Crippen LogP contribution in [0.5, 0.6) is 0 Å². The lowest BCUT2D eigenvalue weighted by Gasteiger charge is -2.22. The van der Waals surface area contributed by atoms with Crippen LogP contribution in [0.2, 0.25) is 0 Å². The van der Waals surface area contributed by atoms with E-state index >= 15 is 0 Å². The lowest BCUT2D eigenvalue weighted by molar-refractivity contribution is 0.538. The Balaban J connectivity index is 1.41. The largest absolute Gasteiger partial charge is 0.399 e. The van der Waals surface area contributed by atoms with Crippen LogP contribution in [0.4, 0.5) is 11.4 Å². The predicted molar refractivity (Wildman–Crippen MR) is 271 cm³/mol. The quantitative estimate of drug-likeness (QED) is 0.0359. The molecule has 336 valence electrons. The smallest absolute Gasteiger partial charge is 0.0314 e. The second-order valence-electron chi connectivity index (χ2n) is 18.9. The molecule has 3 unspecified atom stereocenters. The molecule has 2 heteroatoms. The van der Waals surface area contributed by atoms with Crippen molar-refractivity contribution in [3.63, 3.8) is 0 Å². The van der Waals surface area contributed by atoms with Crippen molar-refractivity contribution < 1.29 is 0 Å². The van der Waals surface area contributed by atoms with Crippen LogP contribution in [0.25, 0.3) is 0 Å². The lowest BCUT2D eigenvalue weighted by atomic mass is 9.82. The summed E-state index contributed by atoms with van der Waals surface area (Å²) in [6, 6.07) is 37.1. The van der Waals surface area contributed by atoms with E-state index in [1.165, 1.54) is 213 Å². The van der Waals surface area contributed by atoms with Crippen molar-refractivity contribution in [2.45, 2.75) is 225 Å². The van der Waals surface area contributed by atoms with E-state index in [4.69, 9.17) is 11.5 Å². The van der Waals surface area contributed by atoms with Crippen molar-refractivity contribution in [2.24, 2.45) is 0 Å². The average molecular weight is 827 g/mol. The molecule has 4 rings (SSSR count). The molecule has 0 aliphatic rings. The Morgan fingerprint density at radius 1 is 0.295 bits per heavy atom. The van der Waals surface area contributed by atoms with Crippen LogP contribution in [0.3, 0.4) is 0 Å². The molecular formula is C59H90N2. The number of hydrogen-bond donors (Lipinski definition) is 2. The zero-order valence-corrected chi connectivity index (χ0v) is 39.6. The van der Waals surface area contributed by atoms with Crippen LogP contribution in [0, 0.1) is 0 Å². The topological polar surface area (TPSA) is 52.0 Å². The molecule has 0 fully saturated rings. The molecule has 0 aromatic heterocycles. The minimum atomic E-state index is 0.415. The number of unbranched alkanes of at least 4 members (excludes halogenated alkanes) is 22. The second kappa shape index (κ2) is 31.3. The third kappa shape index (κ3) is 20.0. The Labute approximate surface area is 376 Å². The maximum absolute atomic E-state index is 6.16. The standard InChI is InChI=1S/C59H90N2/c1-4-7-10-13-15-17-19-21-24-27-30-58(53-40-44-56(60)45-41-53)51-34-32-49(33-35-51)48-55(29-26-23-12-9-6-3)50-36-38-52(39-37-50)59(54-42-46-57(61)47-43-54)31-28-25-22-20-18-16-14-11-8-5-2/h32-47,55,58-59H,4-31,48,60-61H2,1-3H3. The Kier molecular flexibility index (Phi) is 25.8. The van der Waals surface area contributed by atoms with E-state index < -0.39 is 0 Å². The number of rotatable bonds is 35. The van der Waals surface area contributed by atoms with Crippen LogP contribution < -0.4 is 11.5 Å². The van der Waals surface area contributed by atoms with Gasteiger partial charge in [0, 0.05) is 23.2 Å². The molecule has 61 heavy (non-hydrogen) atoms. The molecule has 0 saturated carbocycles. The molecule has 0 saturated heterocycles. The third-order valence-corrected chi connectivity index (χ3v) is 13.7. The van der Waals surface area contributed by atoms with Gasteiger partial charge in [0.25, 0.3) is 0 Å². The zero-order valence-electron chi connectivity index (χ0n) is 39.6. The van der Waals surface area contributed by atoms with Gasteiger partial charge < -0.3 is 11.5 Å². The summed E-state index contributed by atoms with van der Waals surface area (Å²) in [5.74, 6) is 1.36. The van der Waals surface area contributed by atoms with Gasteiger partial charge in [0.2, 0.25) is 0 Å². The van der Waals surface area contributed by atoms with Gasteiger partial charge >= 0.3 is 0 Å². The summed E-state index contributed by atoms with van der Waals surface area (Å²) in [6.07, 6.45) is 38.8. The fourth-order valence-corrected chi connectivity index (χ4v) is 9.73. The summed E-state index contributed by atoms with van der Waals surface area (Å²) < 4.78 is 0. The average Bonchev–Trinajstić information content (AvgIpc) is 3.28. The van der Waals surface area contributed by atoms with Crippen molar-refractivity contribution >= 4 is 11.4 Å². The minimum Gasteiger partial charge on any atom is -0.399 e. The van der Waals surface area contributed by atoms with E-state index in [-0.39, 0.29) is 0 Å². The number of benzene rings is 4. The van der Waals surface area contributed by atoms with E-state index in [1.807, 2.05) is 0 Å². The Morgan fingerprint density at radius 3 is 0.902 bits per heavy atom. The van der Waals surface area contributed by atoms with Crippen molar-refractivity contribution in [3.05, 3.63) is 130 Å². The lowest BCUT2D eigenvalue weighted by Crippen LogP contribution is -2.07. The van der Waals surface area contributed by atoms with Crippen molar-refractivity contribution in [3.8, 4) is 0 Å². The fourth-order valence-electron chi connectivity index (χ4n) is 9.73. The molecule has 0 amide bonds. The number of anilines is 2. The highest BCUT2D eigenvalue weighted by atomic mass is 14.5. The van der Waals surface area contributed by atoms with E-state index in [0.29, 0.717) is 17.8 Å². The van der Waals surface area contributed by atoms with Crippen LogP contribution in [0.15, 0.2) is 97.1 Å². The molecule has 4 aromatic carbocycles. The summed E-state index contributed by atoms with van der Waals surface area (Å²) in [4.78, 5) is 0. The molecule has 0 spiro atoms. The molecule has 0 bridgehead atoms. The highest BCUT2D eigenvalue weighted by Gasteiger charge is 2.19.